The molecule has 1 N–H and O–H groups in total. The van der Waals surface area contributed by atoms with E-state index in [0.29, 0.717) is 18.8 Å². The van der Waals surface area contributed by atoms with Gasteiger partial charge < -0.3 is 24.4 Å². The number of hydrogen-bond donors (Lipinski definition) is 1. The van der Waals surface area contributed by atoms with Crippen LogP contribution in [0.4, 0.5) is 10.5 Å². The molecule has 9 heteroatoms. The van der Waals surface area contributed by atoms with E-state index in [1.165, 1.54) is 0 Å². The molecule has 9 nitrogen and oxygen atoms in total. The molecule has 0 saturated heterocycles. The number of amides is 3. The van der Waals surface area contributed by atoms with Gasteiger partial charge in [-0.3, -0.25) is 9.59 Å². The van der Waals surface area contributed by atoms with Gasteiger partial charge in [0.15, 0.2) is 0 Å². The molecule has 0 radical (unpaired) electrons. The number of alkyl carbamates (subject to hydrolysis) is 1. The standard InChI is InChI=1S/C48H51N5O4/c1-4-30-53(43-28-18-9-19-29-43)45(54)34-51(32-37(2)3)46(55)44(50-47(56)57-35-38-20-10-5-11-21-38)31-42-33-52(36-49-42)48(39-22-12-6-13-23-39,40-24-14-7-15-25-40)41-26-16-8-17-27-41/h5-29,33,36-37,44H,4,30-32,34-35H2,1-3H3,(H,50,56). The molecule has 1 heterocycles. The van der Waals surface area contributed by atoms with E-state index in [2.05, 4.69) is 46.3 Å². The first-order valence-corrected chi connectivity index (χ1v) is 19.6. The Bertz CT molecular complexity index is 2060. The summed E-state index contributed by atoms with van der Waals surface area (Å²) in [5.74, 6) is -0.551. The minimum absolute atomic E-state index is 0.0349. The maximum absolute atomic E-state index is 14.8. The first-order valence-electron chi connectivity index (χ1n) is 19.6. The summed E-state index contributed by atoms with van der Waals surface area (Å²) in [5, 5.41) is 2.87. The topological polar surface area (TPSA) is 96.8 Å². The smallest absolute Gasteiger partial charge is 0.408 e. The van der Waals surface area contributed by atoms with Gasteiger partial charge in [-0.15, -0.1) is 0 Å². The molecule has 6 rings (SSSR count). The lowest BCUT2D eigenvalue weighted by atomic mass is 9.77. The summed E-state index contributed by atoms with van der Waals surface area (Å²) < 4.78 is 7.71. The van der Waals surface area contributed by atoms with Crippen LogP contribution in [0.5, 0.6) is 0 Å². The minimum Gasteiger partial charge on any atom is -0.445 e. The molecule has 0 spiro atoms. The van der Waals surface area contributed by atoms with Gasteiger partial charge in [0.25, 0.3) is 0 Å². The fourth-order valence-electron chi connectivity index (χ4n) is 7.33. The molecule has 1 unspecified atom stereocenters. The third-order valence-electron chi connectivity index (χ3n) is 9.85. The van der Waals surface area contributed by atoms with E-state index in [-0.39, 0.29) is 31.4 Å². The second-order valence-corrected chi connectivity index (χ2v) is 14.5. The zero-order valence-corrected chi connectivity index (χ0v) is 32.9. The van der Waals surface area contributed by atoms with E-state index in [4.69, 9.17) is 9.72 Å². The number of aromatic nitrogens is 2. The summed E-state index contributed by atoms with van der Waals surface area (Å²) >= 11 is 0. The van der Waals surface area contributed by atoms with Gasteiger partial charge in [-0.1, -0.05) is 160 Å². The lowest BCUT2D eigenvalue weighted by Crippen LogP contribution is -2.53. The van der Waals surface area contributed by atoms with Crippen molar-refractivity contribution in [1.82, 2.24) is 19.8 Å². The Kier molecular flexibility index (Phi) is 13.7. The summed E-state index contributed by atoms with van der Waals surface area (Å²) in [4.78, 5) is 50.4. The summed E-state index contributed by atoms with van der Waals surface area (Å²) in [7, 11) is 0. The Morgan fingerprint density at radius 1 is 0.737 bits per heavy atom. The van der Waals surface area contributed by atoms with Gasteiger partial charge in [-0.05, 0) is 46.7 Å². The molecule has 1 aromatic heterocycles. The van der Waals surface area contributed by atoms with Crippen molar-refractivity contribution in [3.63, 3.8) is 0 Å². The van der Waals surface area contributed by atoms with Crippen molar-refractivity contribution in [1.29, 1.82) is 0 Å². The van der Waals surface area contributed by atoms with Crippen molar-refractivity contribution in [2.45, 2.75) is 51.8 Å². The molecule has 0 saturated carbocycles. The first kappa shape index (κ1) is 40.2. The summed E-state index contributed by atoms with van der Waals surface area (Å²) in [6.45, 7) is 6.71. The molecule has 292 valence electrons. The van der Waals surface area contributed by atoms with Gasteiger partial charge in [0, 0.05) is 31.4 Å². The maximum atomic E-state index is 14.8. The van der Waals surface area contributed by atoms with Gasteiger partial charge in [0.1, 0.15) is 24.7 Å². The lowest BCUT2D eigenvalue weighted by Gasteiger charge is -2.37. The average Bonchev–Trinajstić information content (AvgIpc) is 3.71. The molecule has 0 aliphatic rings. The zero-order chi connectivity index (χ0) is 40.0. The number of carbonyl (C=O) groups is 3. The van der Waals surface area contributed by atoms with Gasteiger partial charge in [-0.25, -0.2) is 9.78 Å². The highest BCUT2D eigenvalue weighted by atomic mass is 16.5. The van der Waals surface area contributed by atoms with Crippen LogP contribution < -0.4 is 10.2 Å². The van der Waals surface area contributed by atoms with Crippen LogP contribution in [0.15, 0.2) is 164 Å². The van der Waals surface area contributed by atoms with E-state index >= 15 is 0 Å². The van der Waals surface area contributed by atoms with Crippen molar-refractivity contribution in [2.75, 3.05) is 24.5 Å². The number of carbonyl (C=O) groups excluding carboxylic acids is 3. The quantitative estimate of drug-likeness (QED) is 0.0942. The van der Waals surface area contributed by atoms with Gasteiger partial charge in [-0.2, -0.15) is 0 Å². The van der Waals surface area contributed by atoms with Crippen LogP contribution >= 0.6 is 0 Å². The number of nitrogens with one attached hydrogen (secondary N) is 1. The molecule has 5 aromatic carbocycles. The Morgan fingerprint density at radius 3 is 1.75 bits per heavy atom. The second-order valence-electron chi connectivity index (χ2n) is 14.5. The van der Waals surface area contributed by atoms with Gasteiger partial charge >= 0.3 is 6.09 Å². The number of benzene rings is 5. The largest absolute Gasteiger partial charge is 0.445 e. The Balaban J connectivity index is 1.36. The van der Waals surface area contributed by atoms with Gasteiger partial charge in [0.2, 0.25) is 11.8 Å². The van der Waals surface area contributed by atoms with E-state index in [1.807, 2.05) is 142 Å². The predicted octanol–water partition coefficient (Wildman–Crippen LogP) is 8.49. The lowest BCUT2D eigenvalue weighted by molar-refractivity contribution is -0.137. The predicted molar refractivity (Wildman–Crippen MR) is 225 cm³/mol. The molecule has 0 fully saturated rings. The Morgan fingerprint density at radius 2 is 1.25 bits per heavy atom. The fraction of sp³-hybridized carbons (Fsp3) is 0.250. The van der Waals surface area contributed by atoms with Crippen molar-refractivity contribution in [3.8, 4) is 0 Å². The average molecular weight is 762 g/mol. The van der Waals surface area contributed by atoms with Crippen LogP contribution in [0.3, 0.4) is 0 Å². The van der Waals surface area contributed by atoms with Gasteiger partial charge in [0.05, 0.1) is 12.0 Å². The van der Waals surface area contributed by atoms with E-state index in [0.717, 1.165) is 34.4 Å². The maximum Gasteiger partial charge on any atom is 0.408 e. The molecule has 57 heavy (non-hydrogen) atoms. The summed E-state index contributed by atoms with van der Waals surface area (Å²) in [6, 6.07) is 48.5. The van der Waals surface area contributed by atoms with Crippen molar-refractivity contribution in [2.24, 2.45) is 5.92 Å². The molecule has 3 amide bonds. The van der Waals surface area contributed by atoms with Crippen molar-refractivity contribution in [3.05, 3.63) is 192 Å². The molecule has 0 aliphatic carbocycles. The second kappa shape index (κ2) is 19.4. The van der Waals surface area contributed by atoms with Crippen LogP contribution in [-0.4, -0.2) is 58.0 Å². The van der Waals surface area contributed by atoms with E-state index < -0.39 is 23.6 Å². The van der Waals surface area contributed by atoms with E-state index in [9.17, 15) is 14.4 Å². The molecular formula is C48H51N5O4. The van der Waals surface area contributed by atoms with Crippen LogP contribution in [0.25, 0.3) is 0 Å². The summed E-state index contributed by atoms with van der Waals surface area (Å²) in [5.41, 5.74) is 4.43. The normalized spacial score (nSPS) is 11.8. The molecule has 0 aliphatic heterocycles. The Labute approximate surface area is 335 Å². The number of nitrogens with zero attached hydrogens (tertiary/aromatic N) is 4. The third-order valence-corrected chi connectivity index (χ3v) is 9.85. The number of hydrogen-bond acceptors (Lipinski definition) is 5. The number of ether oxygens (including phenoxy) is 1. The number of para-hydroxylation sites is 1. The van der Waals surface area contributed by atoms with Crippen LogP contribution in [0.1, 0.15) is 55.1 Å². The number of anilines is 1. The van der Waals surface area contributed by atoms with Crippen LogP contribution in [-0.2, 0) is 32.9 Å². The summed E-state index contributed by atoms with van der Waals surface area (Å²) in [6.07, 6.45) is 3.79. The molecule has 0 bridgehead atoms. The van der Waals surface area contributed by atoms with Crippen molar-refractivity contribution >= 4 is 23.6 Å². The highest BCUT2D eigenvalue weighted by Crippen LogP contribution is 2.40. The molecular weight excluding hydrogens is 711 g/mol. The fourth-order valence-corrected chi connectivity index (χ4v) is 7.33. The zero-order valence-electron chi connectivity index (χ0n) is 32.9. The van der Waals surface area contributed by atoms with Crippen LogP contribution in [0.2, 0.25) is 0 Å². The number of rotatable bonds is 17. The van der Waals surface area contributed by atoms with E-state index in [1.54, 1.807) is 16.1 Å². The SMILES string of the molecule is CCCN(C(=O)CN(CC(C)C)C(=O)C(Cc1cn(C(c2ccccc2)(c2ccccc2)c2ccccc2)cn1)NC(=O)OCc1ccccc1)c1ccccc1. The number of imidazole rings is 1. The monoisotopic (exact) mass is 761 g/mol. The highest BCUT2D eigenvalue weighted by Gasteiger charge is 2.39. The van der Waals surface area contributed by atoms with Crippen LogP contribution in [0, 0.1) is 5.92 Å². The Hall–Kier alpha value is -6.48. The molecule has 6 aromatic rings. The molecule has 1 atom stereocenters. The first-order chi connectivity index (χ1) is 27.8. The minimum atomic E-state index is -1.08. The third kappa shape index (κ3) is 9.86. The highest BCUT2D eigenvalue weighted by molar-refractivity contribution is 5.97. The van der Waals surface area contributed by atoms with Crippen molar-refractivity contribution < 1.29 is 19.1 Å².